The van der Waals surface area contributed by atoms with Gasteiger partial charge in [-0.3, -0.25) is 9.69 Å². The van der Waals surface area contributed by atoms with Crippen molar-refractivity contribution < 1.29 is 14.6 Å². The van der Waals surface area contributed by atoms with Crippen molar-refractivity contribution in [2.75, 3.05) is 19.7 Å². The fourth-order valence-electron chi connectivity index (χ4n) is 2.66. The van der Waals surface area contributed by atoms with Crippen LogP contribution in [0.3, 0.4) is 0 Å². The van der Waals surface area contributed by atoms with Crippen LogP contribution in [0.1, 0.15) is 38.8 Å². The smallest absolute Gasteiger partial charge is 0.306 e. The summed E-state index contributed by atoms with van der Waals surface area (Å²) >= 11 is 0. The van der Waals surface area contributed by atoms with E-state index in [2.05, 4.69) is 30.9 Å². The molecule has 1 N–H and O–H groups in total. The Hall–Kier alpha value is -1.55. The van der Waals surface area contributed by atoms with Crippen molar-refractivity contribution in [3.63, 3.8) is 0 Å². The Morgan fingerprint density at radius 1 is 1.33 bits per heavy atom. The molecule has 0 saturated carbocycles. The fourth-order valence-corrected chi connectivity index (χ4v) is 2.66. The maximum atomic E-state index is 11.0. The van der Waals surface area contributed by atoms with E-state index in [0.717, 1.165) is 31.9 Å². The second-order valence-corrected chi connectivity index (χ2v) is 5.93. The summed E-state index contributed by atoms with van der Waals surface area (Å²) in [6.45, 7) is 8.54. The largest absolute Gasteiger partial charge is 0.494 e. The Labute approximate surface area is 126 Å². The van der Waals surface area contributed by atoms with Crippen LogP contribution in [0.15, 0.2) is 24.3 Å². The molecule has 0 amide bonds. The van der Waals surface area contributed by atoms with Crippen LogP contribution >= 0.6 is 0 Å². The van der Waals surface area contributed by atoms with E-state index in [4.69, 9.17) is 9.84 Å². The molecule has 4 nitrogen and oxygen atoms in total. The van der Waals surface area contributed by atoms with E-state index in [9.17, 15) is 4.79 Å². The number of rotatable bonds is 7. The number of ether oxygens (including phenoxy) is 1. The zero-order chi connectivity index (χ0) is 15.4. The molecule has 1 aromatic carbocycles. The first-order valence-electron chi connectivity index (χ1n) is 7.72. The lowest BCUT2D eigenvalue weighted by Crippen LogP contribution is -2.51. The van der Waals surface area contributed by atoms with Crippen LogP contribution in [-0.4, -0.2) is 35.7 Å². The predicted octanol–water partition coefficient (Wildman–Crippen LogP) is 3.19. The molecule has 0 aliphatic carbocycles. The van der Waals surface area contributed by atoms with Gasteiger partial charge in [-0.1, -0.05) is 26.0 Å². The van der Waals surface area contributed by atoms with Gasteiger partial charge in [0.15, 0.2) is 0 Å². The summed E-state index contributed by atoms with van der Waals surface area (Å²) in [6.07, 6.45) is 1.01. The molecule has 1 heterocycles. The molecule has 1 aliphatic heterocycles. The molecular formula is C17H25NO3. The van der Waals surface area contributed by atoms with Gasteiger partial charge in [0.05, 0.1) is 12.5 Å². The SMILES string of the molecule is CCCOc1ccc(C(C)N2CC(C(C)C(=O)O)C2)cc1. The second kappa shape index (κ2) is 6.94. The van der Waals surface area contributed by atoms with E-state index < -0.39 is 5.97 Å². The van der Waals surface area contributed by atoms with Gasteiger partial charge in [-0.15, -0.1) is 0 Å². The van der Waals surface area contributed by atoms with Gasteiger partial charge < -0.3 is 9.84 Å². The average Bonchev–Trinajstić information content (AvgIpc) is 2.43. The van der Waals surface area contributed by atoms with Crippen LogP contribution in [0.4, 0.5) is 0 Å². The Bertz CT molecular complexity index is 465. The van der Waals surface area contributed by atoms with Gasteiger partial charge in [-0.05, 0) is 37.0 Å². The summed E-state index contributed by atoms with van der Waals surface area (Å²) in [5.41, 5.74) is 1.25. The molecule has 1 aliphatic rings. The standard InChI is InChI=1S/C17H25NO3/c1-4-9-21-16-7-5-14(6-8-16)13(3)18-10-15(11-18)12(2)17(19)20/h5-8,12-13,15H,4,9-11H2,1-3H3,(H,19,20). The van der Waals surface area contributed by atoms with E-state index in [1.165, 1.54) is 5.56 Å². The summed E-state index contributed by atoms with van der Waals surface area (Å²) < 4.78 is 5.59. The van der Waals surface area contributed by atoms with E-state index in [0.29, 0.717) is 6.04 Å². The number of likely N-dealkylation sites (tertiary alicyclic amines) is 1. The molecule has 21 heavy (non-hydrogen) atoms. The maximum Gasteiger partial charge on any atom is 0.306 e. The van der Waals surface area contributed by atoms with E-state index >= 15 is 0 Å². The van der Waals surface area contributed by atoms with Crippen LogP contribution in [0.25, 0.3) is 0 Å². The first kappa shape index (κ1) is 15.8. The Kier molecular flexibility index (Phi) is 5.23. The van der Waals surface area contributed by atoms with Gasteiger partial charge in [0.2, 0.25) is 0 Å². The average molecular weight is 291 g/mol. The minimum absolute atomic E-state index is 0.252. The Morgan fingerprint density at radius 3 is 2.48 bits per heavy atom. The molecule has 0 radical (unpaired) electrons. The quantitative estimate of drug-likeness (QED) is 0.838. The highest BCUT2D eigenvalue weighted by molar-refractivity contribution is 5.70. The number of hydrogen-bond acceptors (Lipinski definition) is 3. The molecule has 1 aromatic rings. The highest BCUT2D eigenvalue weighted by Gasteiger charge is 2.36. The summed E-state index contributed by atoms with van der Waals surface area (Å²) in [7, 11) is 0. The van der Waals surface area contributed by atoms with Crippen LogP contribution in [-0.2, 0) is 4.79 Å². The van der Waals surface area contributed by atoms with Crippen LogP contribution in [0.5, 0.6) is 5.75 Å². The van der Waals surface area contributed by atoms with Crippen molar-refractivity contribution >= 4 is 5.97 Å². The van der Waals surface area contributed by atoms with Crippen molar-refractivity contribution in [3.05, 3.63) is 29.8 Å². The van der Waals surface area contributed by atoms with Crippen molar-refractivity contribution in [1.29, 1.82) is 0 Å². The minimum atomic E-state index is -0.690. The van der Waals surface area contributed by atoms with Crippen molar-refractivity contribution in [2.24, 2.45) is 11.8 Å². The van der Waals surface area contributed by atoms with Crippen LogP contribution in [0, 0.1) is 11.8 Å². The number of carboxylic acids is 1. The van der Waals surface area contributed by atoms with Gasteiger partial charge in [-0.25, -0.2) is 0 Å². The highest BCUT2D eigenvalue weighted by Crippen LogP contribution is 2.32. The lowest BCUT2D eigenvalue weighted by molar-refractivity contribution is -0.146. The minimum Gasteiger partial charge on any atom is -0.494 e. The normalized spacial score (nSPS) is 18.8. The zero-order valence-electron chi connectivity index (χ0n) is 13.1. The number of benzene rings is 1. The number of hydrogen-bond donors (Lipinski definition) is 1. The number of nitrogens with zero attached hydrogens (tertiary/aromatic N) is 1. The first-order valence-corrected chi connectivity index (χ1v) is 7.72. The molecule has 0 spiro atoms. The molecule has 2 atom stereocenters. The molecule has 2 rings (SSSR count). The topological polar surface area (TPSA) is 49.8 Å². The highest BCUT2D eigenvalue weighted by atomic mass is 16.5. The molecule has 116 valence electrons. The first-order chi connectivity index (χ1) is 10.0. The fraction of sp³-hybridized carbons (Fsp3) is 0.588. The monoisotopic (exact) mass is 291 g/mol. The lowest BCUT2D eigenvalue weighted by atomic mass is 9.85. The van der Waals surface area contributed by atoms with Gasteiger partial charge in [0, 0.05) is 19.1 Å². The third-order valence-corrected chi connectivity index (χ3v) is 4.42. The van der Waals surface area contributed by atoms with Gasteiger partial charge in [0.1, 0.15) is 5.75 Å². The zero-order valence-corrected chi connectivity index (χ0v) is 13.1. The van der Waals surface area contributed by atoms with Crippen molar-refractivity contribution in [2.45, 2.75) is 33.2 Å². The van der Waals surface area contributed by atoms with Crippen molar-refractivity contribution in [1.82, 2.24) is 4.90 Å². The molecule has 2 unspecified atom stereocenters. The Morgan fingerprint density at radius 2 is 1.95 bits per heavy atom. The third kappa shape index (κ3) is 3.76. The van der Waals surface area contributed by atoms with Gasteiger partial charge in [-0.2, -0.15) is 0 Å². The maximum absolute atomic E-state index is 11.0. The van der Waals surface area contributed by atoms with E-state index in [-0.39, 0.29) is 11.8 Å². The van der Waals surface area contributed by atoms with Crippen molar-refractivity contribution in [3.8, 4) is 5.75 Å². The van der Waals surface area contributed by atoms with E-state index in [1.807, 2.05) is 12.1 Å². The summed E-state index contributed by atoms with van der Waals surface area (Å²) in [5, 5.41) is 9.03. The van der Waals surface area contributed by atoms with Gasteiger partial charge >= 0.3 is 5.97 Å². The summed E-state index contributed by atoms with van der Waals surface area (Å²) in [6, 6.07) is 8.55. The molecular weight excluding hydrogens is 266 g/mol. The molecule has 1 fully saturated rings. The third-order valence-electron chi connectivity index (χ3n) is 4.42. The number of carboxylic acid groups (broad SMARTS) is 1. The Balaban J connectivity index is 1.87. The molecule has 4 heteroatoms. The molecule has 0 bridgehead atoms. The lowest BCUT2D eigenvalue weighted by Gasteiger charge is -2.45. The molecule has 0 aromatic heterocycles. The number of carbonyl (C=O) groups is 1. The van der Waals surface area contributed by atoms with Gasteiger partial charge in [0.25, 0.3) is 0 Å². The van der Waals surface area contributed by atoms with Crippen LogP contribution in [0.2, 0.25) is 0 Å². The predicted molar refractivity (Wildman–Crippen MR) is 82.5 cm³/mol. The summed E-state index contributed by atoms with van der Waals surface area (Å²) in [5.74, 6) is 0.244. The summed E-state index contributed by atoms with van der Waals surface area (Å²) in [4.78, 5) is 13.3. The molecule has 1 saturated heterocycles. The van der Waals surface area contributed by atoms with E-state index in [1.54, 1.807) is 6.92 Å². The second-order valence-electron chi connectivity index (χ2n) is 5.93. The number of aliphatic carboxylic acids is 1. The van der Waals surface area contributed by atoms with Crippen LogP contribution < -0.4 is 4.74 Å².